The highest BCUT2D eigenvalue weighted by atomic mass is 35.5. The van der Waals surface area contributed by atoms with Crippen LogP contribution in [0.25, 0.3) is 0 Å². The van der Waals surface area contributed by atoms with Crippen molar-refractivity contribution >= 4 is 116 Å². The molecule has 6 N–H and O–H groups in total. The van der Waals surface area contributed by atoms with Crippen LogP contribution in [0.4, 0.5) is 22.7 Å². The summed E-state index contributed by atoms with van der Waals surface area (Å²) in [6.07, 6.45) is 4.09. The Balaban J connectivity index is 0.000000280. The Morgan fingerprint density at radius 1 is 0.554 bits per heavy atom. The number of hydrogen-bond acceptors (Lipinski definition) is 8. The van der Waals surface area contributed by atoms with Gasteiger partial charge in [-0.05, 0) is 116 Å². The number of hydrogen-bond donors (Lipinski definition) is 6. The van der Waals surface area contributed by atoms with E-state index in [4.69, 9.17) is 79.1 Å². The van der Waals surface area contributed by atoms with E-state index in [2.05, 4.69) is 49.0 Å². The summed E-state index contributed by atoms with van der Waals surface area (Å²) in [7, 11) is 0. The van der Waals surface area contributed by atoms with Crippen molar-refractivity contribution in [3.8, 4) is 23.0 Å². The molecule has 2 atom stereocenters. The van der Waals surface area contributed by atoms with Crippen LogP contribution in [0.15, 0.2) is 109 Å². The lowest BCUT2D eigenvalue weighted by Gasteiger charge is -2.25. The first-order valence-corrected chi connectivity index (χ1v) is 26.1. The van der Waals surface area contributed by atoms with Crippen LogP contribution in [-0.2, 0) is 15.0 Å². The smallest absolute Gasteiger partial charge is 0.265 e. The first kappa shape index (κ1) is 59.0. The van der Waals surface area contributed by atoms with Gasteiger partial charge in [-0.1, -0.05) is 154 Å². The number of phenols is 2. The van der Waals surface area contributed by atoms with Gasteiger partial charge in [-0.2, -0.15) is 0 Å². The fraction of sp³-hybridized carbons (Fsp3) is 0.286. The number of carbonyl (C=O) groups excluding carboxylic acids is 4. The Bertz CT molecular complexity index is 2970. The predicted molar refractivity (Wildman–Crippen MR) is 301 cm³/mol. The van der Waals surface area contributed by atoms with Gasteiger partial charge in [0.15, 0.2) is 12.2 Å². The molecule has 0 saturated heterocycles. The Morgan fingerprint density at radius 2 is 1.18 bits per heavy atom. The quantitative estimate of drug-likeness (QED) is 0.0323. The monoisotopic (exact) mass is 1120 g/mol. The van der Waals surface area contributed by atoms with Gasteiger partial charge in [-0.3, -0.25) is 19.2 Å². The number of carbonyl (C=O) groups is 4. The molecule has 2 unspecified atom stereocenters. The summed E-state index contributed by atoms with van der Waals surface area (Å²) in [5.74, 6) is -1.44. The lowest BCUT2D eigenvalue weighted by molar-refractivity contribution is -0.123. The maximum Gasteiger partial charge on any atom is 0.265 e. The number of ether oxygens (including phenoxy) is 2. The lowest BCUT2D eigenvalue weighted by atomic mass is 9.82. The van der Waals surface area contributed by atoms with Crippen molar-refractivity contribution in [1.29, 1.82) is 0 Å². The van der Waals surface area contributed by atoms with Crippen molar-refractivity contribution in [1.82, 2.24) is 0 Å². The highest BCUT2D eigenvalue weighted by molar-refractivity contribution is 6.42. The third kappa shape index (κ3) is 16.6. The van der Waals surface area contributed by atoms with Crippen molar-refractivity contribution in [2.45, 2.75) is 104 Å². The molecule has 0 aromatic heterocycles. The van der Waals surface area contributed by atoms with Crippen LogP contribution >= 0.6 is 69.6 Å². The summed E-state index contributed by atoms with van der Waals surface area (Å²) in [6, 6.07) is 29.2. The van der Waals surface area contributed by atoms with Crippen LogP contribution < -0.4 is 30.7 Å². The molecule has 0 bridgehead atoms. The zero-order valence-electron chi connectivity index (χ0n) is 41.6. The van der Waals surface area contributed by atoms with Crippen molar-refractivity contribution in [3.63, 3.8) is 0 Å². The Kier molecular flexibility index (Phi) is 22.0. The van der Waals surface area contributed by atoms with Gasteiger partial charge in [0.25, 0.3) is 23.6 Å². The van der Waals surface area contributed by atoms with E-state index in [-0.39, 0.29) is 70.9 Å². The van der Waals surface area contributed by atoms with E-state index in [1.165, 1.54) is 42.5 Å². The zero-order valence-corrected chi connectivity index (χ0v) is 46.1. The minimum absolute atomic E-state index is 0.0448. The molecule has 18 heteroatoms. The van der Waals surface area contributed by atoms with Gasteiger partial charge in [0, 0.05) is 17.7 Å². The summed E-state index contributed by atoms with van der Waals surface area (Å²) in [5, 5.41) is 33.1. The predicted octanol–water partition coefficient (Wildman–Crippen LogP) is 16.4. The topological polar surface area (TPSA) is 175 Å². The number of rotatable bonds is 20. The average molecular weight is 1130 g/mol. The molecule has 12 nitrogen and oxygen atoms in total. The van der Waals surface area contributed by atoms with E-state index in [1.807, 2.05) is 44.2 Å². The molecule has 6 rings (SSSR count). The maximum atomic E-state index is 13.4. The van der Waals surface area contributed by atoms with Crippen LogP contribution in [0.5, 0.6) is 23.0 Å². The van der Waals surface area contributed by atoms with Gasteiger partial charge < -0.3 is 41.0 Å². The molecule has 0 heterocycles. The fourth-order valence-corrected chi connectivity index (χ4v) is 8.33. The number of aryl methyl sites for hydroxylation is 1. The van der Waals surface area contributed by atoms with Gasteiger partial charge >= 0.3 is 0 Å². The normalized spacial score (nSPS) is 11.8. The molecular weight excluding hydrogens is 1070 g/mol. The number of unbranched alkanes of at least 4 members (excludes halogenated alkanes) is 3. The number of nitrogens with one attached hydrogen (secondary N) is 4. The fourth-order valence-electron chi connectivity index (χ4n) is 7.16. The van der Waals surface area contributed by atoms with Crippen molar-refractivity contribution in [2.24, 2.45) is 0 Å². The Hall–Kier alpha value is -5.86. The van der Waals surface area contributed by atoms with Gasteiger partial charge in [0.05, 0.1) is 58.4 Å². The van der Waals surface area contributed by atoms with Crippen LogP contribution in [0.1, 0.15) is 111 Å². The zero-order chi connectivity index (χ0) is 54.3. The van der Waals surface area contributed by atoms with Crippen molar-refractivity contribution in [2.75, 3.05) is 21.3 Å². The summed E-state index contributed by atoms with van der Waals surface area (Å²) in [6.45, 7) is 12.3. The third-order valence-electron chi connectivity index (χ3n) is 11.9. The molecule has 74 heavy (non-hydrogen) atoms. The second-order valence-electron chi connectivity index (χ2n) is 17.9. The largest absolute Gasteiger partial charge is 0.506 e. The maximum absolute atomic E-state index is 13.4. The van der Waals surface area contributed by atoms with Gasteiger partial charge in [-0.15, -0.1) is 0 Å². The average Bonchev–Trinajstić information content (AvgIpc) is 3.36. The molecule has 6 aromatic carbocycles. The number of anilines is 4. The second kappa shape index (κ2) is 27.6. The van der Waals surface area contributed by atoms with Gasteiger partial charge in [0.1, 0.15) is 23.0 Å². The summed E-state index contributed by atoms with van der Waals surface area (Å²) in [5.41, 5.74) is 3.04. The first-order chi connectivity index (χ1) is 35.1. The minimum Gasteiger partial charge on any atom is -0.506 e. The van der Waals surface area contributed by atoms with Crippen LogP contribution in [0, 0.1) is 6.92 Å². The third-order valence-corrected chi connectivity index (χ3v) is 13.9. The van der Waals surface area contributed by atoms with E-state index >= 15 is 0 Å². The minimum atomic E-state index is -0.841. The molecule has 0 radical (unpaired) electrons. The first-order valence-electron chi connectivity index (χ1n) is 23.8. The van der Waals surface area contributed by atoms with Crippen LogP contribution in [0.2, 0.25) is 30.1 Å². The molecule has 392 valence electrons. The van der Waals surface area contributed by atoms with Crippen LogP contribution in [0.3, 0.4) is 0 Å². The summed E-state index contributed by atoms with van der Waals surface area (Å²) < 4.78 is 11.9. The molecular formula is C56H58Cl6N4O8. The Labute approximate surface area is 462 Å². The van der Waals surface area contributed by atoms with E-state index in [0.29, 0.717) is 34.4 Å². The second-order valence-corrected chi connectivity index (χ2v) is 20.3. The number of benzene rings is 6. The summed E-state index contributed by atoms with van der Waals surface area (Å²) >= 11 is 37.3. The Morgan fingerprint density at radius 3 is 1.74 bits per heavy atom. The molecule has 0 aliphatic heterocycles. The standard InChI is InChI=1S/C32H37Cl3N2O4.C24H21Cl3N2O4/c1-5-7-8-9-14-29(41-28-16-15-20(17-24(28)35)32(3,4)6-2)31(40)36-25-19-27(38)26(18-23(25)34)37-30(39)21-12-10-11-13-22(21)33;1-3-22(33-15-6-4-5-13(2)9-15)24(32)28-19-12-21(30)20(11-18(19)27)29-23(31)14-7-8-16(25)17(26)10-14/h10-13,15-19,29,38H,5-9,14H2,1-4H3,(H,36,40)(H,37,39);4-12,22,30H,3H2,1-2H3,(H,28,32)(H,29,31). The van der Waals surface area contributed by atoms with Crippen molar-refractivity contribution in [3.05, 3.63) is 162 Å². The number of amides is 4. The molecule has 0 aliphatic rings. The van der Waals surface area contributed by atoms with E-state index in [9.17, 15) is 29.4 Å². The summed E-state index contributed by atoms with van der Waals surface area (Å²) in [4.78, 5) is 51.3. The SMILES string of the molecule is CCC(Oc1cccc(C)c1)C(=O)Nc1cc(O)c(NC(=O)c2ccc(Cl)c(Cl)c2)cc1Cl.CCCCCCC(Oc1ccc(C(C)(C)CC)cc1Cl)C(=O)Nc1cc(O)c(NC(=O)c2ccccc2Cl)cc1Cl. The number of aromatic hydroxyl groups is 2. The van der Waals surface area contributed by atoms with E-state index < -0.39 is 35.8 Å². The highest BCUT2D eigenvalue weighted by Crippen LogP contribution is 2.38. The molecule has 6 aromatic rings. The van der Waals surface area contributed by atoms with E-state index in [0.717, 1.165) is 43.2 Å². The highest BCUT2D eigenvalue weighted by Gasteiger charge is 2.26. The molecule has 0 spiro atoms. The molecule has 4 amide bonds. The number of halogens is 6. The number of phenolic OH excluding ortho intramolecular Hbond substituents is 2. The van der Waals surface area contributed by atoms with E-state index in [1.54, 1.807) is 36.4 Å². The van der Waals surface area contributed by atoms with Crippen molar-refractivity contribution < 1.29 is 38.9 Å². The molecule has 0 aliphatic carbocycles. The van der Waals surface area contributed by atoms with Gasteiger partial charge in [-0.25, -0.2) is 0 Å². The van der Waals surface area contributed by atoms with Crippen LogP contribution in [-0.4, -0.2) is 46.0 Å². The molecule has 0 saturated carbocycles. The lowest BCUT2D eigenvalue weighted by Crippen LogP contribution is -2.33. The molecule has 0 fully saturated rings. The van der Waals surface area contributed by atoms with Gasteiger partial charge in [0.2, 0.25) is 0 Å².